The molecule has 1 heterocycles. The minimum atomic E-state index is 0.442. The molecule has 1 aromatic rings. The Bertz CT molecular complexity index is 352. The summed E-state index contributed by atoms with van der Waals surface area (Å²) in [7, 11) is 0. The van der Waals surface area contributed by atoms with Crippen LogP contribution in [0.15, 0.2) is 0 Å². The van der Waals surface area contributed by atoms with Gasteiger partial charge in [-0.2, -0.15) is 5.10 Å². The van der Waals surface area contributed by atoms with Gasteiger partial charge in [-0.05, 0) is 31.2 Å². The summed E-state index contributed by atoms with van der Waals surface area (Å²) in [4.78, 5) is 4.54. The first-order valence-electron chi connectivity index (χ1n) is 6.35. The number of hydrogen-bond donors (Lipinski definition) is 1. The van der Waals surface area contributed by atoms with Crippen LogP contribution in [-0.4, -0.2) is 21.3 Å². The molecular formula is C12H22N4. The zero-order chi connectivity index (χ0) is 11.6. The van der Waals surface area contributed by atoms with Crippen LogP contribution in [-0.2, 0) is 19.4 Å². The maximum atomic E-state index is 5.66. The number of nitrogens with zero attached hydrogens (tertiary/aromatic N) is 3. The molecule has 0 aliphatic heterocycles. The number of aryl methyl sites for hydroxylation is 2. The Morgan fingerprint density at radius 3 is 2.56 bits per heavy atom. The SMILES string of the molecule is CCc1nc(CC)n(CC2(CCN)CC2)n1. The van der Waals surface area contributed by atoms with Gasteiger partial charge in [-0.25, -0.2) is 9.67 Å². The van der Waals surface area contributed by atoms with Crippen molar-refractivity contribution in [2.45, 2.75) is 52.5 Å². The van der Waals surface area contributed by atoms with Gasteiger partial charge in [-0.1, -0.05) is 13.8 Å². The molecule has 90 valence electrons. The van der Waals surface area contributed by atoms with E-state index >= 15 is 0 Å². The van der Waals surface area contributed by atoms with Crippen molar-refractivity contribution in [2.24, 2.45) is 11.1 Å². The van der Waals surface area contributed by atoms with Crippen LogP contribution in [0.2, 0.25) is 0 Å². The summed E-state index contributed by atoms with van der Waals surface area (Å²) >= 11 is 0. The molecule has 0 radical (unpaired) electrons. The van der Waals surface area contributed by atoms with Crippen molar-refractivity contribution in [3.8, 4) is 0 Å². The smallest absolute Gasteiger partial charge is 0.150 e. The zero-order valence-corrected chi connectivity index (χ0v) is 10.4. The predicted octanol–water partition coefficient (Wildman–Crippen LogP) is 1.53. The monoisotopic (exact) mass is 222 g/mol. The number of rotatable bonds is 6. The van der Waals surface area contributed by atoms with E-state index in [9.17, 15) is 0 Å². The van der Waals surface area contributed by atoms with Crippen LogP contribution in [0.3, 0.4) is 0 Å². The van der Waals surface area contributed by atoms with Gasteiger partial charge < -0.3 is 5.73 Å². The fraction of sp³-hybridized carbons (Fsp3) is 0.833. The summed E-state index contributed by atoms with van der Waals surface area (Å²) in [5.74, 6) is 2.10. The molecule has 0 aromatic carbocycles. The van der Waals surface area contributed by atoms with Crippen molar-refractivity contribution < 1.29 is 0 Å². The van der Waals surface area contributed by atoms with Gasteiger partial charge >= 0.3 is 0 Å². The van der Waals surface area contributed by atoms with Crippen LogP contribution in [0.4, 0.5) is 0 Å². The van der Waals surface area contributed by atoms with Crippen LogP contribution >= 0.6 is 0 Å². The summed E-state index contributed by atoms with van der Waals surface area (Å²) < 4.78 is 2.11. The van der Waals surface area contributed by atoms with Crippen LogP contribution < -0.4 is 5.73 Å². The molecule has 0 atom stereocenters. The van der Waals surface area contributed by atoms with Crippen molar-refractivity contribution in [2.75, 3.05) is 6.54 Å². The Balaban J connectivity index is 2.11. The first kappa shape index (κ1) is 11.6. The van der Waals surface area contributed by atoms with Crippen LogP contribution in [0.1, 0.15) is 44.8 Å². The van der Waals surface area contributed by atoms with Gasteiger partial charge in [-0.3, -0.25) is 0 Å². The second-order valence-electron chi connectivity index (χ2n) is 4.85. The van der Waals surface area contributed by atoms with Crippen LogP contribution in [0.5, 0.6) is 0 Å². The van der Waals surface area contributed by atoms with Crippen molar-refractivity contribution in [3.63, 3.8) is 0 Å². The van der Waals surface area contributed by atoms with E-state index in [0.717, 1.165) is 44.0 Å². The highest BCUT2D eigenvalue weighted by atomic mass is 15.4. The van der Waals surface area contributed by atoms with E-state index in [2.05, 4.69) is 28.6 Å². The highest BCUT2D eigenvalue weighted by Gasteiger charge is 2.42. The summed E-state index contributed by atoms with van der Waals surface area (Å²) in [6, 6.07) is 0. The van der Waals surface area contributed by atoms with Crippen molar-refractivity contribution in [3.05, 3.63) is 11.6 Å². The number of hydrogen-bond acceptors (Lipinski definition) is 3. The van der Waals surface area contributed by atoms with E-state index in [1.807, 2.05) is 0 Å². The minimum absolute atomic E-state index is 0.442. The Labute approximate surface area is 97.2 Å². The molecule has 2 rings (SSSR count). The molecule has 1 aliphatic carbocycles. The Morgan fingerprint density at radius 1 is 1.31 bits per heavy atom. The number of nitrogens with two attached hydrogens (primary N) is 1. The molecule has 0 unspecified atom stereocenters. The predicted molar refractivity (Wildman–Crippen MR) is 64.1 cm³/mol. The molecule has 16 heavy (non-hydrogen) atoms. The Kier molecular flexibility index (Phi) is 3.28. The molecule has 4 nitrogen and oxygen atoms in total. The fourth-order valence-corrected chi connectivity index (χ4v) is 2.25. The van der Waals surface area contributed by atoms with Gasteiger partial charge in [0.2, 0.25) is 0 Å². The molecule has 1 fully saturated rings. The molecule has 0 bridgehead atoms. The maximum Gasteiger partial charge on any atom is 0.150 e. The van der Waals surface area contributed by atoms with E-state index in [1.54, 1.807) is 0 Å². The normalized spacial score (nSPS) is 17.7. The average molecular weight is 222 g/mol. The fourth-order valence-electron chi connectivity index (χ4n) is 2.25. The lowest BCUT2D eigenvalue weighted by Crippen LogP contribution is -2.18. The van der Waals surface area contributed by atoms with Gasteiger partial charge in [0.15, 0.2) is 5.82 Å². The van der Waals surface area contributed by atoms with Crippen molar-refractivity contribution >= 4 is 0 Å². The van der Waals surface area contributed by atoms with E-state index in [1.165, 1.54) is 12.8 Å². The standard InChI is InChI=1S/C12H22N4/c1-3-10-14-11(4-2)16(15-10)9-12(5-6-12)7-8-13/h3-9,13H2,1-2H3. The zero-order valence-electron chi connectivity index (χ0n) is 10.4. The lowest BCUT2D eigenvalue weighted by atomic mass is 10.0. The van der Waals surface area contributed by atoms with Gasteiger partial charge in [0.25, 0.3) is 0 Å². The summed E-state index contributed by atoms with van der Waals surface area (Å²) in [5.41, 5.74) is 6.11. The highest BCUT2D eigenvalue weighted by molar-refractivity contribution is 4.98. The van der Waals surface area contributed by atoms with E-state index in [4.69, 9.17) is 5.73 Å². The highest BCUT2D eigenvalue weighted by Crippen LogP contribution is 2.49. The first-order valence-corrected chi connectivity index (χ1v) is 6.35. The van der Waals surface area contributed by atoms with E-state index < -0.39 is 0 Å². The molecule has 1 saturated carbocycles. The van der Waals surface area contributed by atoms with Crippen LogP contribution in [0.25, 0.3) is 0 Å². The van der Waals surface area contributed by atoms with Crippen LogP contribution in [0, 0.1) is 5.41 Å². The second-order valence-corrected chi connectivity index (χ2v) is 4.85. The molecule has 0 spiro atoms. The Hall–Kier alpha value is -0.900. The first-order chi connectivity index (χ1) is 7.73. The Morgan fingerprint density at radius 2 is 2.06 bits per heavy atom. The third kappa shape index (κ3) is 2.26. The quantitative estimate of drug-likeness (QED) is 0.794. The summed E-state index contributed by atoms with van der Waals surface area (Å²) in [5, 5.41) is 4.57. The third-order valence-corrected chi connectivity index (χ3v) is 3.54. The molecule has 1 aliphatic rings. The van der Waals surface area contributed by atoms with Crippen molar-refractivity contribution in [1.82, 2.24) is 14.8 Å². The van der Waals surface area contributed by atoms with Gasteiger partial charge in [0, 0.05) is 19.4 Å². The molecule has 2 N–H and O–H groups in total. The molecule has 0 amide bonds. The van der Waals surface area contributed by atoms with E-state index in [0.29, 0.717) is 5.41 Å². The lowest BCUT2D eigenvalue weighted by molar-refractivity contribution is 0.367. The second kappa shape index (κ2) is 4.53. The third-order valence-electron chi connectivity index (χ3n) is 3.54. The largest absolute Gasteiger partial charge is 0.330 e. The topological polar surface area (TPSA) is 56.7 Å². The molecular weight excluding hydrogens is 200 g/mol. The minimum Gasteiger partial charge on any atom is -0.330 e. The average Bonchev–Trinajstić information content (AvgIpc) is 2.92. The van der Waals surface area contributed by atoms with Gasteiger partial charge in [0.1, 0.15) is 5.82 Å². The lowest BCUT2D eigenvalue weighted by Gasteiger charge is -2.14. The molecule has 4 heteroatoms. The molecule has 0 saturated heterocycles. The molecule has 1 aromatic heterocycles. The van der Waals surface area contributed by atoms with E-state index in [-0.39, 0.29) is 0 Å². The number of aromatic nitrogens is 3. The maximum absolute atomic E-state index is 5.66. The summed E-state index contributed by atoms with van der Waals surface area (Å²) in [6.07, 6.45) is 5.61. The summed E-state index contributed by atoms with van der Waals surface area (Å²) in [6.45, 7) is 6.05. The van der Waals surface area contributed by atoms with Crippen molar-refractivity contribution in [1.29, 1.82) is 0 Å². The van der Waals surface area contributed by atoms with Gasteiger partial charge in [-0.15, -0.1) is 0 Å². The van der Waals surface area contributed by atoms with Gasteiger partial charge in [0.05, 0.1) is 0 Å².